The molecule has 3 aliphatic heterocycles. The molecular weight excluding hydrogens is 474 g/mol. The minimum absolute atomic E-state index is 0.0804. The van der Waals surface area contributed by atoms with Crippen molar-refractivity contribution in [1.29, 1.82) is 0 Å². The van der Waals surface area contributed by atoms with Gasteiger partial charge in [-0.3, -0.25) is 4.79 Å². The first kappa shape index (κ1) is 24.3. The van der Waals surface area contributed by atoms with E-state index in [1.165, 1.54) is 11.8 Å². The summed E-state index contributed by atoms with van der Waals surface area (Å²) in [5.41, 5.74) is 3.63. The summed E-state index contributed by atoms with van der Waals surface area (Å²) in [6.07, 6.45) is 2.26. The fraction of sp³-hybridized carbons (Fsp3) is 0.321. The van der Waals surface area contributed by atoms with Crippen LogP contribution >= 0.6 is 11.8 Å². The van der Waals surface area contributed by atoms with Gasteiger partial charge in [-0.15, -0.1) is 0 Å². The van der Waals surface area contributed by atoms with E-state index in [-0.39, 0.29) is 25.0 Å². The number of hydrogen-bond acceptors (Lipinski definition) is 7. The summed E-state index contributed by atoms with van der Waals surface area (Å²) in [6, 6.07) is 19.1. The lowest BCUT2D eigenvalue weighted by Crippen LogP contribution is -2.38. The molecule has 1 fully saturated rings. The van der Waals surface area contributed by atoms with Crippen molar-refractivity contribution < 1.29 is 19.1 Å². The van der Waals surface area contributed by atoms with Crippen LogP contribution in [0.3, 0.4) is 0 Å². The number of thioether (sulfide) groups is 1. The number of hydrogen-bond donors (Lipinski definition) is 1. The zero-order valence-corrected chi connectivity index (χ0v) is 21.0. The number of carbonyl (C=O) groups is 2. The maximum absolute atomic E-state index is 13.4. The van der Waals surface area contributed by atoms with Gasteiger partial charge >= 0.3 is 5.97 Å². The maximum Gasteiger partial charge on any atom is 0.338 e. The summed E-state index contributed by atoms with van der Waals surface area (Å²) in [4.78, 5) is 33.3. The Labute approximate surface area is 215 Å². The molecule has 186 valence electrons. The summed E-state index contributed by atoms with van der Waals surface area (Å²) in [5.74, 6) is -0.493. The number of nitrogens with zero attached hydrogens (tertiary/aromatic N) is 2. The number of carbonyl (C=O) groups excluding carboxylic acids is 2. The zero-order chi connectivity index (χ0) is 24.9. The lowest BCUT2D eigenvalue weighted by molar-refractivity contribution is -0.139. The van der Waals surface area contributed by atoms with E-state index >= 15 is 0 Å². The number of esters is 1. The predicted molar refractivity (Wildman–Crippen MR) is 141 cm³/mol. The molecule has 0 unspecified atom stereocenters. The highest BCUT2D eigenvalue weighted by Crippen LogP contribution is 2.46. The van der Waals surface area contributed by atoms with Gasteiger partial charge in [-0.25, -0.2) is 9.79 Å². The fourth-order valence-electron chi connectivity index (χ4n) is 4.70. The molecule has 7 nitrogen and oxygen atoms in total. The van der Waals surface area contributed by atoms with E-state index in [0.717, 1.165) is 41.4 Å². The molecule has 8 heteroatoms. The van der Waals surface area contributed by atoms with Crippen LogP contribution in [0.25, 0.3) is 5.70 Å². The molecule has 2 aromatic carbocycles. The predicted octanol–water partition coefficient (Wildman–Crippen LogP) is 4.65. The van der Waals surface area contributed by atoms with Gasteiger partial charge in [0.1, 0.15) is 0 Å². The van der Waals surface area contributed by atoms with E-state index in [2.05, 4.69) is 5.32 Å². The molecule has 0 aromatic heterocycles. The highest BCUT2D eigenvalue weighted by atomic mass is 32.2. The molecule has 0 spiro atoms. The maximum atomic E-state index is 13.4. The number of benzene rings is 2. The Balaban J connectivity index is 1.51. The molecule has 36 heavy (non-hydrogen) atoms. The monoisotopic (exact) mass is 503 g/mol. The average Bonchev–Trinajstić information content (AvgIpc) is 3.58. The molecule has 5 rings (SSSR count). The average molecular weight is 504 g/mol. The first-order valence-corrected chi connectivity index (χ1v) is 13.2. The van der Waals surface area contributed by atoms with Crippen molar-refractivity contribution in [3.05, 3.63) is 88.5 Å². The van der Waals surface area contributed by atoms with Crippen LogP contribution in [-0.2, 0) is 19.1 Å². The third-order valence-corrected chi connectivity index (χ3v) is 7.25. The van der Waals surface area contributed by atoms with Crippen LogP contribution < -0.4 is 5.32 Å². The summed E-state index contributed by atoms with van der Waals surface area (Å²) >= 11 is 1.47. The van der Waals surface area contributed by atoms with Crippen molar-refractivity contribution >= 4 is 34.5 Å². The van der Waals surface area contributed by atoms with Crippen LogP contribution in [0.1, 0.15) is 43.4 Å². The van der Waals surface area contributed by atoms with Gasteiger partial charge in [-0.05, 0) is 30.7 Å². The Morgan fingerprint density at radius 1 is 1.14 bits per heavy atom. The standard InChI is InChI=1S/C28H29N3O4S/c1-2-34-27(33)24-25(19-10-5-3-6-11-19)30-28-31(26(24)20-12-7-4-8-13-20)21(18-36-28)16-23(32)29-17-22-14-9-15-35-22/h3-8,10-13,18,22,26H,2,9,14-17H2,1H3,(H,29,32)/t22-,26+/m1/s1. The Bertz CT molecular complexity index is 1200. The summed E-state index contributed by atoms with van der Waals surface area (Å²) in [7, 11) is 0. The molecule has 0 radical (unpaired) electrons. The minimum Gasteiger partial charge on any atom is -0.463 e. The molecule has 2 aromatic rings. The van der Waals surface area contributed by atoms with Crippen molar-refractivity contribution in [2.75, 3.05) is 19.8 Å². The van der Waals surface area contributed by atoms with Crippen molar-refractivity contribution in [2.45, 2.75) is 38.3 Å². The zero-order valence-electron chi connectivity index (χ0n) is 20.2. The van der Waals surface area contributed by atoms with Crippen molar-refractivity contribution in [3.8, 4) is 0 Å². The van der Waals surface area contributed by atoms with Gasteiger partial charge in [0.15, 0.2) is 5.17 Å². The highest BCUT2D eigenvalue weighted by molar-refractivity contribution is 8.16. The molecule has 1 N–H and O–H groups in total. The first-order chi connectivity index (χ1) is 17.7. The number of aliphatic imine (C=N–C) groups is 1. The van der Waals surface area contributed by atoms with Gasteiger partial charge < -0.3 is 19.7 Å². The molecular formula is C28H29N3O4S. The number of amidine groups is 1. The second kappa shape index (κ2) is 11.1. The molecule has 1 saturated heterocycles. The Kier molecular flexibility index (Phi) is 7.53. The molecule has 0 saturated carbocycles. The second-order valence-electron chi connectivity index (χ2n) is 8.77. The Hall–Kier alpha value is -3.36. The van der Waals surface area contributed by atoms with Gasteiger partial charge in [0.05, 0.1) is 36.4 Å². The van der Waals surface area contributed by atoms with Crippen molar-refractivity contribution in [1.82, 2.24) is 10.2 Å². The van der Waals surface area contributed by atoms with Crippen molar-refractivity contribution in [3.63, 3.8) is 0 Å². The van der Waals surface area contributed by atoms with Gasteiger partial charge in [-0.2, -0.15) is 0 Å². The number of rotatable bonds is 8. The Morgan fingerprint density at radius 2 is 1.89 bits per heavy atom. The second-order valence-corrected chi connectivity index (χ2v) is 9.61. The van der Waals surface area contributed by atoms with E-state index < -0.39 is 12.0 Å². The number of ether oxygens (including phenoxy) is 2. The van der Waals surface area contributed by atoms with E-state index in [1.54, 1.807) is 6.92 Å². The fourth-order valence-corrected chi connectivity index (χ4v) is 5.62. The molecule has 3 aliphatic rings. The minimum atomic E-state index is -0.472. The van der Waals surface area contributed by atoms with Crippen molar-refractivity contribution in [2.24, 2.45) is 4.99 Å². The van der Waals surface area contributed by atoms with Crippen LogP contribution in [-0.4, -0.2) is 47.8 Å². The topological polar surface area (TPSA) is 80.2 Å². The van der Waals surface area contributed by atoms with Gasteiger partial charge in [-0.1, -0.05) is 72.4 Å². The molecule has 2 atom stereocenters. The number of nitrogens with one attached hydrogen (secondary N) is 1. The third-order valence-electron chi connectivity index (χ3n) is 6.36. The van der Waals surface area contributed by atoms with E-state index in [1.807, 2.05) is 71.0 Å². The summed E-state index contributed by atoms with van der Waals surface area (Å²) in [5, 5.41) is 5.70. The molecule has 3 heterocycles. The third kappa shape index (κ3) is 5.10. The van der Waals surface area contributed by atoms with Crippen LogP contribution in [0.5, 0.6) is 0 Å². The number of fused-ring (bicyclic) bond motifs is 1. The smallest absolute Gasteiger partial charge is 0.338 e. The molecule has 1 amide bonds. The highest BCUT2D eigenvalue weighted by Gasteiger charge is 2.42. The van der Waals surface area contributed by atoms with Crippen LogP contribution in [0, 0.1) is 0 Å². The van der Waals surface area contributed by atoms with Crippen LogP contribution in [0.2, 0.25) is 0 Å². The Morgan fingerprint density at radius 3 is 2.58 bits per heavy atom. The summed E-state index contributed by atoms with van der Waals surface area (Å²) in [6.45, 7) is 3.31. The van der Waals surface area contributed by atoms with Crippen LogP contribution in [0.15, 0.2) is 82.3 Å². The SMILES string of the molecule is CCOC(=O)C1=C(c2ccccc2)N=C2SC=C(CC(=O)NC[C@H]3CCCO3)N2[C@H]1c1ccccc1. The number of amides is 1. The van der Waals surface area contributed by atoms with E-state index in [4.69, 9.17) is 14.5 Å². The molecule has 0 bridgehead atoms. The lowest BCUT2D eigenvalue weighted by Gasteiger charge is -2.36. The molecule has 0 aliphatic carbocycles. The van der Waals surface area contributed by atoms with E-state index in [9.17, 15) is 9.59 Å². The summed E-state index contributed by atoms with van der Waals surface area (Å²) < 4.78 is 11.2. The normalized spacial score (nSPS) is 21.1. The van der Waals surface area contributed by atoms with Crippen LogP contribution in [0.4, 0.5) is 0 Å². The lowest BCUT2D eigenvalue weighted by atomic mass is 9.91. The quantitative estimate of drug-likeness (QED) is 0.529. The van der Waals surface area contributed by atoms with E-state index in [0.29, 0.717) is 17.8 Å². The first-order valence-electron chi connectivity index (χ1n) is 12.3. The van der Waals surface area contributed by atoms with Gasteiger partial charge in [0.25, 0.3) is 0 Å². The van der Waals surface area contributed by atoms with Gasteiger partial charge in [0, 0.05) is 24.4 Å². The van der Waals surface area contributed by atoms with Gasteiger partial charge in [0.2, 0.25) is 5.91 Å². The largest absolute Gasteiger partial charge is 0.463 e.